The first kappa shape index (κ1) is 17.6. The molecule has 1 aliphatic rings. The van der Waals surface area contributed by atoms with Crippen molar-refractivity contribution in [1.29, 1.82) is 0 Å². The molecule has 1 amide bonds. The lowest BCUT2D eigenvalue weighted by molar-refractivity contribution is -0.116. The third-order valence-electron chi connectivity index (χ3n) is 4.66. The number of rotatable bonds is 5. The third-order valence-corrected chi connectivity index (χ3v) is 4.66. The van der Waals surface area contributed by atoms with E-state index in [1.165, 1.54) is 16.7 Å². The Kier molecular flexibility index (Phi) is 5.48. The average Bonchev–Trinajstić information content (AvgIpc) is 2.94. The molecule has 0 atom stereocenters. The Hall–Kier alpha value is -2.21. The van der Waals surface area contributed by atoms with E-state index in [0.717, 1.165) is 38.2 Å². The molecule has 0 saturated carbocycles. The van der Waals surface area contributed by atoms with Gasteiger partial charge >= 0.3 is 0 Å². The number of benzene rings is 1. The molecule has 6 nitrogen and oxygen atoms in total. The predicted octanol–water partition coefficient (Wildman–Crippen LogP) is 2.47. The van der Waals surface area contributed by atoms with Crippen LogP contribution < -0.4 is 10.6 Å². The molecular formula is C19H27N5O. The van der Waals surface area contributed by atoms with Crippen LogP contribution in [0.2, 0.25) is 0 Å². The summed E-state index contributed by atoms with van der Waals surface area (Å²) in [5.41, 5.74) is 3.66. The topological polar surface area (TPSA) is 71.8 Å². The summed E-state index contributed by atoms with van der Waals surface area (Å²) in [6.45, 7) is 6.16. The van der Waals surface area contributed by atoms with Crippen molar-refractivity contribution in [2.45, 2.75) is 45.4 Å². The number of anilines is 1. The van der Waals surface area contributed by atoms with Gasteiger partial charge in [-0.2, -0.15) is 10.1 Å². The fourth-order valence-corrected chi connectivity index (χ4v) is 3.42. The summed E-state index contributed by atoms with van der Waals surface area (Å²) in [7, 11) is 1.83. The number of carbonyl (C=O) groups is 1. The maximum atomic E-state index is 12.3. The second-order valence-electron chi connectivity index (χ2n) is 6.99. The SMILES string of the molecule is Cc1cc(C)cc(CCC(=O)Nc2nc(C3CCNCC3)nn2C)c1. The van der Waals surface area contributed by atoms with Crippen LogP contribution in [-0.4, -0.2) is 33.8 Å². The van der Waals surface area contributed by atoms with Gasteiger partial charge in [0.15, 0.2) is 5.82 Å². The van der Waals surface area contributed by atoms with Crippen LogP contribution in [0, 0.1) is 13.8 Å². The van der Waals surface area contributed by atoms with E-state index in [2.05, 4.69) is 52.8 Å². The molecular weight excluding hydrogens is 314 g/mol. The number of amides is 1. The molecule has 1 aromatic heterocycles. The zero-order chi connectivity index (χ0) is 17.8. The molecule has 0 spiro atoms. The van der Waals surface area contributed by atoms with Gasteiger partial charge in [-0.1, -0.05) is 29.3 Å². The van der Waals surface area contributed by atoms with Gasteiger partial charge in [0.05, 0.1) is 0 Å². The Morgan fingerprint density at radius 2 is 1.92 bits per heavy atom. The number of aromatic nitrogens is 3. The van der Waals surface area contributed by atoms with E-state index in [0.29, 0.717) is 18.3 Å². The van der Waals surface area contributed by atoms with Gasteiger partial charge in [-0.3, -0.25) is 10.1 Å². The molecule has 1 aliphatic heterocycles. The number of hydrogen-bond acceptors (Lipinski definition) is 4. The van der Waals surface area contributed by atoms with E-state index >= 15 is 0 Å². The lowest BCUT2D eigenvalue weighted by atomic mass is 9.98. The molecule has 0 radical (unpaired) electrons. The van der Waals surface area contributed by atoms with Gasteiger partial charge < -0.3 is 5.32 Å². The molecule has 1 saturated heterocycles. The van der Waals surface area contributed by atoms with Crippen molar-refractivity contribution >= 4 is 11.9 Å². The highest BCUT2D eigenvalue weighted by Gasteiger charge is 2.21. The fourth-order valence-electron chi connectivity index (χ4n) is 3.42. The lowest BCUT2D eigenvalue weighted by Gasteiger charge is -2.19. The average molecular weight is 341 g/mol. The highest BCUT2D eigenvalue weighted by molar-refractivity contribution is 5.89. The predicted molar refractivity (Wildman–Crippen MR) is 98.7 cm³/mol. The van der Waals surface area contributed by atoms with Gasteiger partial charge in [0.1, 0.15) is 0 Å². The maximum absolute atomic E-state index is 12.3. The minimum Gasteiger partial charge on any atom is -0.317 e. The van der Waals surface area contributed by atoms with E-state index < -0.39 is 0 Å². The van der Waals surface area contributed by atoms with Crippen LogP contribution in [0.15, 0.2) is 18.2 Å². The molecule has 0 aliphatic carbocycles. The molecule has 2 heterocycles. The molecule has 134 valence electrons. The summed E-state index contributed by atoms with van der Waals surface area (Å²) in [5, 5.41) is 10.7. The highest BCUT2D eigenvalue weighted by Crippen LogP contribution is 2.23. The molecule has 2 aromatic rings. The van der Waals surface area contributed by atoms with E-state index in [-0.39, 0.29) is 5.91 Å². The smallest absolute Gasteiger partial charge is 0.227 e. The van der Waals surface area contributed by atoms with Gasteiger partial charge in [0.25, 0.3) is 0 Å². The molecule has 0 bridgehead atoms. The van der Waals surface area contributed by atoms with Crippen molar-refractivity contribution in [2.75, 3.05) is 18.4 Å². The second kappa shape index (κ2) is 7.78. The molecule has 25 heavy (non-hydrogen) atoms. The Morgan fingerprint density at radius 1 is 1.24 bits per heavy atom. The highest BCUT2D eigenvalue weighted by atomic mass is 16.1. The number of carbonyl (C=O) groups excluding carboxylic acids is 1. The summed E-state index contributed by atoms with van der Waals surface area (Å²) in [6, 6.07) is 6.42. The van der Waals surface area contributed by atoms with Crippen LogP contribution in [0.1, 0.15) is 47.7 Å². The minimum absolute atomic E-state index is 0.0217. The molecule has 2 N–H and O–H groups in total. The van der Waals surface area contributed by atoms with Crippen molar-refractivity contribution in [2.24, 2.45) is 7.05 Å². The molecule has 0 unspecified atom stereocenters. The van der Waals surface area contributed by atoms with Crippen molar-refractivity contribution in [3.05, 3.63) is 40.7 Å². The Bertz CT molecular complexity index is 726. The zero-order valence-corrected chi connectivity index (χ0v) is 15.3. The first-order chi connectivity index (χ1) is 12.0. The standard InChI is InChI=1S/C19H27N5O/c1-13-10-14(2)12-15(11-13)4-5-17(25)21-19-22-18(23-24(19)3)16-6-8-20-9-7-16/h10-12,16,20H,4-9H2,1-3H3,(H,21,22,23,25). The minimum atomic E-state index is -0.0217. The first-order valence-corrected chi connectivity index (χ1v) is 9.00. The molecule has 3 rings (SSSR count). The van der Waals surface area contributed by atoms with Crippen LogP contribution >= 0.6 is 0 Å². The summed E-state index contributed by atoms with van der Waals surface area (Å²) < 4.78 is 1.67. The Morgan fingerprint density at radius 3 is 2.60 bits per heavy atom. The zero-order valence-electron chi connectivity index (χ0n) is 15.3. The van der Waals surface area contributed by atoms with E-state index in [4.69, 9.17) is 0 Å². The van der Waals surface area contributed by atoms with Crippen LogP contribution in [-0.2, 0) is 18.3 Å². The maximum Gasteiger partial charge on any atom is 0.227 e. The number of nitrogens with one attached hydrogen (secondary N) is 2. The molecule has 1 aromatic carbocycles. The van der Waals surface area contributed by atoms with Crippen LogP contribution in [0.5, 0.6) is 0 Å². The Labute approximate surface area is 149 Å². The van der Waals surface area contributed by atoms with Crippen LogP contribution in [0.4, 0.5) is 5.95 Å². The molecule has 1 fully saturated rings. The van der Waals surface area contributed by atoms with E-state index in [1.54, 1.807) is 4.68 Å². The number of piperidine rings is 1. The van der Waals surface area contributed by atoms with Gasteiger partial charge in [0, 0.05) is 19.4 Å². The van der Waals surface area contributed by atoms with E-state index in [1.807, 2.05) is 7.05 Å². The monoisotopic (exact) mass is 341 g/mol. The lowest BCUT2D eigenvalue weighted by Crippen LogP contribution is -2.27. The van der Waals surface area contributed by atoms with Crippen LogP contribution in [0.25, 0.3) is 0 Å². The third kappa shape index (κ3) is 4.66. The summed E-state index contributed by atoms with van der Waals surface area (Å²) >= 11 is 0. The molecule has 6 heteroatoms. The first-order valence-electron chi connectivity index (χ1n) is 9.00. The normalized spacial score (nSPS) is 15.3. The quantitative estimate of drug-likeness (QED) is 0.876. The summed E-state index contributed by atoms with van der Waals surface area (Å²) in [5.74, 6) is 1.74. The number of aryl methyl sites for hydroxylation is 4. The van der Waals surface area contributed by atoms with Crippen molar-refractivity contribution < 1.29 is 4.79 Å². The van der Waals surface area contributed by atoms with Gasteiger partial charge in [-0.25, -0.2) is 4.68 Å². The van der Waals surface area contributed by atoms with Gasteiger partial charge in [-0.15, -0.1) is 0 Å². The second-order valence-corrected chi connectivity index (χ2v) is 6.99. The van der Waals surface area contributed by atoms with Crippen molar-refractivity contribution in [1.82, 2.24) is 20.1 Å². The number of nitrogens with zero attached hydrogens (tertiary/aromatic N) is 3. The Balaban J connectivity index is 1.58. The summed E-state index contributed by atoms with van der Waals surface area (Å²) in [4.78, 5) is 16.8. The van der Waals surface area contributed by atoms with E-state index in [9.17, 15) is 4.79 Å². The summed E-state index contributed by atoms with van der Waals surface area (Å²) in [6.07, 6.45) is 3.26. The van der Waals surface area contributed by atoms with Crippen molar-refractivity contribution in [3.8, 4) is 0 Å². The largest absolute Gasteiger partial charge is 0.317 e. The van der Waals surface area contributed by atoms with Crippen molar-refractivity contribution in [3.63, 3.8) is 0 Å². The van der Waals surface area contributed by atoms with Gasteiger partial charge in [-0.05, 0) is 51.8 Å². The van der Waals surface area contributed by atoms with Gasteiger partial charge in [0.2, 0.25) is 11.9 Å². The number of hydrogen-bond donors (Lipinski definition) is 2. The fraction of sp³-hybridized carbons (Fsp3) is 0.526. The van der Waals surface area contributed by atoms with Crippen LogP contribution in [0.3, 0.4) is 0 Å².